The number of hydrogen-bond acceptors (Lipinski definition) is 5. The molecule has 3 rings (SSSR count). The first-order chi connectivity index (χ1) is 11.2. The summed E-state index contributed by atoms with van der Waals surface area (Å²) in [4.78, 5) is 20.7. The molecule has 2 aliphatic rings. The highest BCUT2D eigenvalue weighted by atomic mass is 16.1. The van der Waals surface area contributed by atoms with E-state index < -0.39 is 0 Å². The molecule has 1 aromatic heterocycles. The Morgan fingerprint density at radius 3 is 2.91 bits per heavy atom. The molecule has 1 aromatic rings. The molecule has 0 bridgehead atoms. The maximum Gasteiger partial charge on any atom is 0.220 e. The van der Waals surface area contributed by atoms with Gasteiger partial charge in [0.15, 0.2) is 5.66 Å². The number of hydrogen-bond donors (Lipinski definition) is 1. The van der Waals surface area contributed by atoms with E-state index in [2.05, 4.69) is 31.4 Å². The largest absolute Gasteiger partial charge is 0.356 e. The predicted molar refractivity (Wildman–Crippen MR) is 85.6 cm³/mol. The molecule has 0 radical (unpaired) electrons. The summed E-state index contributed by atoms with van der Waals surface area (Å²) in [7, 11) is 0. The second-order valence-corrected chi connectivity index (χ2v) is 6.16. The van der Waals surface area contributed by atoms with E-state index in [-0.39, 0.29) is 11.6 Å². The molecule has 0 aromatic carbocycles. The maximum atomic E-state index is 11.9. The fourth-order valence-corrected chi connectivity index (χ4v) is 2.53. The summed E-state index contributed by atoms with van der Waals surface area (Å²) in [6, 6.07) is 1.98. The highest BCUT2D eigenvalue weighted by Gasteiger charge is 2.39. The predicted octanol–water partition coefficient (Wildman–Crippen LogP) is 2.37. The van der Waals surface area contributed by atoms with E-state index >= 15 is 0 Å². The van der Waals surface area contributed by atoms with Gasteiger partial charge in [-0.3, -0.25) is 4.79 Å². The third-order valence-electron chi connectivity index (χ3n) is 4.20. The average molecular weight is 311 g/mol. The normalized spacial score (nSPS) is 17.5. The summed E-state index contributed by atoms with van der Waals surface area (Å²) in [5.74, 6) is 4.02. The fourth-order valence-electron chi connectivity index (χ4n) is 2.53. The molecule has 6 nitrogen and oxygen atoms in total. The van der Waals surface area contributed by atoms with E-state index in [1.165, 1.54) is 12.8 Å². The van der Waals surface area contributed by atoms with Crippen LogP contribution in [0.5, 0.6) is 0 Å². The van der Waals surface area contributed by atoms with Gasteiger partial charge in [0.05, 0.1) is 0 Å². The first-order valence-electron chi connectivity index (χ1n) is 8.17. The molecule has 0 saturated heterocycles. The minimum atomic E-state index is -0.384. The van der Waals surface area contributed by atoms with Gasteiger partial charge in [-0.05, 0) is 18.9 Å². The number of nitrogens with one attached hydrogen (secondary N) is 1. The lowest BCUT2D eigenvalue weighted by molar-refractivity contribution is -0.121. The molecule has 6 heteroatoms. The van der Waals surface area contributed by atoms with Gasteiger partial charge < -0.3 is 5.32 Å². The SMILES string of the molecule is C#CCCC1(CCC(=O)NCCc2nccc(C3CC3)n2)N=N1. The van der Waals surface area contributed by atoms with Gasteiger partial charge >= 0.3 is 0 Å². The Morgan fingerprint density at radius 2 is 2.22 bits per heavy atom. The molecule has 1 aliphatic heterocycles. The average Bonchev–Trinajstić information content (AvgIpc) is 3.47. The van der Waals surface area contributed by atoms with Crippen molar-refractivity contribution < 1.29 is 4.79 Å². The van der Waals surface area contributed by atoms with Gasteiger partial charge in [-0.2, -0.15) is 10.2 Å². The van der Waals surface area contributed by atoms with E-state index in [0.29, 0.717) is 38.1 Å². The molecule has 120 valence electrons. The van der Waals surface area contributed by atoms with Crippen molar-refractivity contribution in [2.24, 2.45) is 10.2 Å². The van der Waals surface area contributed by atoms with Crippen LogP contribution in [0.4, 0.5) is 0 Å². The second-order valence-electron chi connectivity index (χ2n) is 6.16. The Labute approximate surface area is 136 Å². The molecular weight excluding hydrogens is 290 g/mol. The number of carbonyl (C=O) groups is 1. The van der Waals surface area contributed by atoms with Crippen LogP contribution < -0.4 is 5.32 Å². The number of terminal acetylenes is 1. The van der Waals surface area contributed by atoms with E-state index in [1.807, 2.05) is 12.3 Å². The van der Waals surface area contributed by atoms with E-state index in [9.17, 15) is 4.79 Å². The van der Waals surface area contributed by atoms with Crippen LogP contribution in [0.3, 0.4) is 0 Å². The van der Waals surface area contributed by atoms with Crippen molar-refractivity contribution in [1.29, 1.82) is 0 Å². The van der Waals surface area contributed by atoms with Crippen LogP contribution in [0.25, 0.3) is 0 Å². The summed E-state index contributed by atoms with van der Waals surface area (Å²) in [6.45, 7) is 0.554. The molecular formula is C17H21N5O. The van der Waals surface area contributed by atoms with Crippen molar-refractivity contribution in [2.75, 3.05) is 6.54 Å². The van der Waals surface area contributed by atoms with Crippen LogP contribution in [0.2, 0.25) is 0 Å². The Bertz CT molecular complexity index is 639. The molecule has 0 spiro atoms. The molecule has 1 aliphatic carbocycles. The molecule has 1 saturated carbocycles. The van der Waals surface area contributed by atoms with Gasteiger partial charge in [0, 0.05) is 56.5 Å². The lowest BCUT2D eigenvalue weighted by atomic mass is 10.0. The summed E-state index contributed by atoms with van der Waals surface area (Å²) >= 11 is 0. The third-order valence-corrected chi connectivity index (χ3v) is 4.20. The second kappa shape index (κ2) is 6.86. The maximum absolute atomic E-state index is 11.9. The number of nitrogens with zero attached hydrogens (tertiary/aromatic N) is 4. The van der Waals surface area contributed by atoms with Gasteiger partial charge in [-0.1, -0.05) is 0 Å². The Balaban J connectivity index is 1.35. The minimum absolute atomic E-state index is 0.0146. The molecule has 1 N–H and O–H groups in total. The zero-order chi connectivity index (χ0) is 16.1. The number of amides is 1. The molecule has 1 amide bonds. The monoisotopic (exact) mass is 311 g/mol. The summed E-state index contributed by atoms with van der Waals surface area (Å²) in [5, 5.41) is 11.0. The van der Waals surface area contributed by atoms with Crippen LogP contribution in [0.15, 0.2) is 22.5 Å². The number of rotatable bonds is 9. The lowest BCUT2D eigenvalue weighted by Gasteiger charge is -2.09. The van der Waals surface area contributed by atoms with Crippen LogP contribution >= 0.6 is 0 Å². The van der Waals surface area contributed by atoms with E-state index in [1.54, 1.807) is 0 Å². The van der Waals surface area contributed by atoms with Crippen LogP contribution in [0, 0.1) is 12.3 Å². The van der Waals surface area contributed by atoms with Crippen molar-refractivity contribution >= 4 is 5.91 Å². The Kier molecular flexibility index (Phi) is 4.65. The third kappa shape index (κ3) is 4.59. The zero-order valence-corrected chi connectivity index (χ0v) is 13.2. The Morgan fingerprint density at radius 1 is 1.39 bits per heavy atom. The van der Waals surface area contributed by atoms with Gasteiger partial charge in [-0.15, -0.1) is 12.3 Å². The zero-order valence-electron chi connectivity index (χ0n) is 13.2. The molecule has 1 fully saturated rings. The molecule has 23 heavy (non-hydrogen) atoms. The van der Waals surface area contributed by atoms with Crippen LogP contribution in [0.1, 0.15) is 56.0 Å². The van der Waals surface area contributed by atoms with Gasteiger partial charge in [0.2, 0.25) is 5.91 Å². The fraction of sp³-hybridized carbons (Fsp3) is 0.588. The molecule has 0 atom stereocenters. The van der Waals surface area contributed by atoms with Crippen molar-refractivity contribution in [3.63, 3.8) is 0 Å². The summed E-state index contributed by atoms with van der Waals surface area (Å²) < 4.78 is 0. The minimum Gasteiger partial charge on any atom is -0.356 e. The van der Waals surface area contributed by atoms with Crippen molar-refractivity contribution in [2.45, 2.75) is 56.5 Å². The summed E-state index contributed by atoms with van der Waals surface area (Å²) in [6.07, 6.45) is 12.6. The van der Waals surface area contributed by atoms with Crippen molar-refractivity contribution in [1.82, 2.24) is 15.3 Å². The van der Waals surface area contributed by atoms with E-state index in [4.69, 9.17) is 6.42 Å². The van der Waals surface area contributed by atoms with Gasteiger partial charge in [0.25, 0.3) is 0 Å². The summed E-state index contributed by atoms with van der Waals surface area (Å²) in [5.41, 5.74) is 0.750. The van der Waals surface area contributed by atoms with Crippen molar-refractivity contribution in [3.8, 4) is 12.3 Å². The number of aromatic nitrogens is 2. The molecule has 0 unspecified atom stereocenters. The highest BCUT2D eigenvalue weighted by molar-refractivity contribution is 5.75. The first kappa shape index (κ1) is 15.6. The highest BCUT2D eigenvalue weighted by Crippen LogP contribution is 2.38. The quantitative estimate of drug-likeness (QED) is 0.711. The molecule has 2 heterocycles. The smallest absolute Gasteiger partial charge is 0.220 e. The topological polar surface area (TPSA) is 79.6 Å². The van der Waals surface area contributed by atoms with Crippen molar-refractivity contribution in [3.05, 3.63) is 23.8 Å². The standard InChI is InChI=1S/C17H21N5O/c1-2-3-9-17(21-22-17)10-6-16(23)19-12-8-15-18-11-7-14(20-15)13-4-5-13/h1,7,11,13H,3-6,8-10,12H2,(H,19,23). The Hall–Kier alpha value is -2.29. The van der Waals surface area contributed by atoms with Crippen LogP contribution in [-0.4, -0.2) is 28.1 Å². The number of carbonyl (C=O) groups excluding carboxylic acids is 1. The lowest BCUT2D eigenvalue weighted by Crippen LogP contribution is -2.27. The first-order valence-corrected chi connectivity index (χ1v) is 8.17. The van der Waals surface area contributed by atoms with Gasteiger partial charge in [0.1, 0.15) is 5.82 Å². The van der Waals surface area contributed by atoms with Crippen LogP contribution in [-0.2, 0) is 11.2 Å². The van der Waals surface area contributed by atoms with Gasteiger partial charge in [-0.25, -0.2) is 9.97 Å². The van der Waals surface area contributed by atoms with E-state index in [0.717, 1.165) is 17.9 Å².